The molecule has 1 amide bonds. The minimum absolute atomic E-state index is 0.0122. The summed E-state index contributed by atoms with van der Waals surface area (Å²) in [5, 5.41) is 6.12. The minimum atomic E-state index is 0.0122. The molecule has 3 aromatic rings. The van der Waals surface area contributed by atoms with E-state index in [0.717, 1.165) is 36.0 Å². The lowest BCUT2D eigenvalue weighted by Crippen LogP contribution is -2.38. The van der Waals surface area contributed by atoms with E-state index in [0.29, 0.717) is 12.3 Å². The molecular formula is C20H20N4O2S. The van der Waals surface area contributed by atoms with E-state index in [2.05, 4.69) is 15.7 Å². The van der Waals surface area contributed by atoms with Gasteiger partial charge < -0.3 is 14.6 Å². The highest BCUT2D eigenvalue weighted by molar-refractivity contribution is 7.13. The van der Waals surface area contributed by atoms with Crippen molar-refractivity contribution in [1.29, 1.82) is 0 Å². The molecule has 0 spiro atoms. The summed E-state index contributed by atoms with van der Waals surface area (Å²) in [5.41, 5.74) is 1.03. The van der Waals surface area contributed by atoms with Crippen molar-refractivity contribution in [2.75, 3.05) is 18.4 Å². The quantitative estimate of drug-likeness (QED) is 0.669. The van der Waals surface area contributed by atoms with Gasteiger partial charge in [0.2, 0.25) is 5.91 Å². The number of thiazole rings is 1. The highest BCUT2D eigenvalue weighted by Gasteiger charge is 2.25. The van der Waals surface area contributed by atoms with E-state index in [4.69, 9.17) is 9.40 Å². The summed E-state index contributed by atoms with van der Waals surface area (Å²) in [6, 6.07) is 9.36. The molecule has 0 bridgehead atoms. The third-order valence-electron chi connectivity index (χ3n) is 4.51. The van der Waals surface area contributed by atoms with Gasteiger partial charge in [-0.2, -0.15) is 0 Å². The van der Waals surface area contributed by atoms with Crippen LogP contribution >= 0.6 is 11.3 Å². The first kappa shape index (κ1) is 17.5. The van der Waals surface area contributed by atoms with Gasteiger partial charge in [-0.05, 0) is 43.2 Å². The van der Waals surface area contributed by atoms with Crippen molar-refractivity contribution in [3.05, 3.63) is 65.7 Å². The highest BCUT2D eigenvalue weighted by Crippen LogP contribution is 2.30. The van der Waals surface area contributed by atoms with E-state index < -0.39 is 0 Å². The summed E-state index contributed by atoms with van der Waals surface area (Å²) in [6.45, 7) is 1.47. The number of piperidine rings is 1. The Balaban J connectivity index is 1.39. The van der Waals surface area contributed by atoms with Crippen molar-refractivity contribution in [2.24, 2.45) is 0 Å². The summed E-state index contributed by atoms with van der Waals surface area (Å²) in [6.07, 6.45) is 8.65. The summed E-state index contributed by atoms with van der Waals surface area (Å²) >= 11 is 1.56. The predicted octanol–water partition coefficient (Wildman–Crippen LogP) is 4.29. The van der Waals surface area contributed by atoms with Crippen LogP contribution in [0.15, 0.2) is 58.7 Å². The number of anilines is 2. The molecule has 1 aliphatic heterocycles. The Morgan fingerprint density at radius 1 is 1.33 bits per heavy atom. The average Bonchev–Trinajstić information content (AvgIpc) is 3.39. The molecule has 27 heavy (non-hydrogen) atoms. The van der Waals surface area contributed by atoms with E-state index in [-0.39, 0.29) is 11.8 Å². The number of hydrogen-bond donors (Lipinski definition) is 1. The van der Waals surface area contributed by atoms with Crippen molar-refractivity contribution >= 4 is 34.3 Å². The van der Waals surface area contributed by atoms with Crippen molar-refractivity contribution in [1.82, 2.24) is 14.9 Å². The SMILES string of the molecule is O=C(/C=C/c1ccco1)N1CCC[C@@H](c2csc(Nc3ccccn3)n2)C1. The second kappa shape index (κ2) is 8.18. The first-order valence-corrected chi connectivity index (χ1v) is 9.80. The van der Waals surface area contributed by atoms with Crippen LogP contribution in [-0.2, 0) is 4.79 Å². The molecule has 0 aliphatic carbocycles. The minimum Gasteiger partial charge on any atom is -0.465 e. The van der Waals surface area contributed by atoms with Crippen LogP contribution in [0, 0.1) is 0 Å². The fourth-order valence-electron chi connectivity index (χ4n) is 3.14. The number of carbonyl (C=O) groups excluding carboxylic acids is 1. The van der Waals surface area contributed by atoms with Gasteiger partial charge in [0.25, 0.3) is 0 Å². The number of carbonyl (C=O) groups is 1. The molecule has 4 rings (SSSR count). The zero-order valence-electron chi connectivity index (χ0n) is 14.7. The Morgan fingerprint density at radius 3 is 3.11 bits per heavy atom. The zero-order valence-corrected chi connectivity index (χ0v) is 15.6. The standard InChI is InChI=1S/C20H20N4O2S/c25-19(9-8-16-6-4-12-26-16)24-11-3-5-15(13-24)17-14-27-20(22-17)23-18-7-1-2-10-21-18/h1-2,4,6-10,12,14-15H,3,5,11,13H2,(H,21,22,23)/b9-8+/t15-/m1/s1. The number of nitrogens with one attached hydrogen (secondary N) is 1. The van der Waals surface area contributed by atoms with E-state index in [1.54, 1.807) is 42.0 Å². The lowest BCUT2D eigenvalue weighted by Gasteiger charge is -2.31. The fourth-order valence-corrected chi connectivity index (χ4v) is 3.94. The molecule has 0 aromatic carbocycles. The Morgan fingerprint density at radius 2 is 2.30 bits per heavy atom. The van der Waals surface area contributed by atoms with Crippen molar-refractivity contribution in [3.8, 4) is 0 Å². The van der Waals surface area contributed by atoms with Crippen LogP contribution in [0.1, 0.15) is 30.2 Å². The van der Waals surface area contributed by atoms with E-state index in [9.17, 15) is 4.79 Å². The Bertz CT molecular complexity index is 905. The van der Waals surface area contributed by atoms with Crippen LogP contribution in [0.2, 0.25) is 0 Å². The monoisotopic (exact) mass is 380 g/mol. The molecular weight excluding hydrogens is 360 g/mol. The van der Waals surface area contributed by atoms with Crippen LogP contribution < -0.4 is 5.32 Å². The number of hydrogen-bond acceptors (Lipinski definition) is 6. The van der Waals surface area contributed by atoms with Gasteiger partial charge in [-0.25, -0.2) is 9.97 Å². The Kier molecular flexibility index (Phi) is 5.29. The largest absolute Gasteiger partial charge is 0.465 e. The van der Waals surface area contributed by atoms with E-state index in [1.807, 2.05) is 29.2 Å². The maximum atomic E-state index is 12.5. The van der Waals surface area contributed by atoms with Crippen LogP contribution in [0.3, 0.4) is 0 Å². The van der Waals surface area contributed by atoms with Crippen LogP contribution in [0.25, 0.3) is 6.08 Å². The van der Waals surface area contributed by atoms with Crippen molar-refractivity contribution in [3.63, 3.8) is 0 Å². The summed E-state index contributed by atoms with van der Waals surface area (Å²) < 4.78 is 5.24. The average molecular weight is 380 g/mol. The van der Waals surface area contributed by atoms with Crippen molar-refractivity contribution < 1.29 is 9.21 Å². The van der Waals surface area contributed by atoms with E-state index >= 15 is 0 Å². The zero-order chi connectivity index (χ0) is 18.5. The number of likely N-dealkylation sites (tertiary alicyclic amines) is 1. The van der Waals surface area contributed by atoms with Gasteiger partial charge in [-0.15, -0.1) is 11.3 Å². The summed E-state index contributed by atoms with van der Waals surface area (Å²) in [7, 11) is 0. The first-order valence-electron chi connectivity index (χ1n) is 8.92. The molecule has 1 aliphatic rings. The number of nitrogens with zero attached hydrogens (tertiary/aromatic N) is 3. The normalized spacial score (nSPS) is 17.3. The molecule has 0 saturated carbocycles. The van der Waals surface area contributed by atoms with E-state index in [1.165, 1.54) is 0 Å². The van der Waals surface area contributed by atoms with Gasteiger partial charge in [0, 0.05) is 36.7 Å². The topological polar surface area (TPSA) is 71.3 Å². The Hall–Kier alpha value is -2.93. The fraction of sp³-hybridized carbons (Fsp3) is 0.250. The third-order valence-corrected chi connectivity index (χ3v) is 5.28. The summed E-state index contributed by atoms with van der Waals surface area (Å²) in [5.74, 6) is 1.73. The molecule has 0 unspecified atom stereocenters. The second-order valence-electron chi connectivity index (χ2n) is 6.39. The molecule has 0 radical (unpaired) electrons. The molecule has 6 nitrogen and oxygen atoms in total. The lowest BCUT2D eigenvalue weighted by atomic mass is 9.95. The molecule has 3 aromatic heterocycles. The molecule has 1 fully saturated rings. The Labute approximate surface area is 161 Å². The first-order chi connectivity index (χ1) is 13.3. The maximum absolute atomic E-state index is 12.5. The lowest BCUT2D eigenvalue weighted by molar-refractivity contribution is -0.127. The van der Waals surface area contributed by atoms with Gasteiger partial charge >= 0.3 is 0 Å². The van der Waals surface area contributed by atoms with Gasteiger partial charge in [-0.1, -0.05) is 6.07 Å². The molecule has 7 heteroatoms. The predicted molar refractivity (Wildman–Crippen MR) is 106 cm³/mol. The van der Waals surface area contributed by atoms with Crippen LogP contribution in [0.4, 0.5) is 10.9 Å². The van der Waals surface area contributed by atoms with Gasteiger partial charge in [0.05, 0.1) is 12.0 Å². The molecule has 138 valence electrons. The number of aromatic nitrogens is 2. The number of pyridine rings is 1. The smallest absolute Gasteiger partial charge is 0.246 e. The molecule has 1 saturated heterocycles. The number of furan rings is 1. The van der Waals surface area contributed by atoms with Crippen LogP contribution in [-0.4, -0.2) is 33.9 Å². The van der Waals surface area contributed by atoms with Crippen molar-refractivity contribution in [2.45, 2.75) is 18.8 Å². The molecule has 4 heterocycles. The second-order valence-corrected chi connectivity index (χ2v) is 7.25. The molecule has 1 N–H and O–H groups in total. The molecule has 1 atom stereocenters. The van der Waals surface area contributed by atoms with Gasteiger partial charge in [0.1, 0.15) is 11.6 Å². The summed E-state index contributed by atoms with van der Waals surface area (Å²) in [4.78, 5) is 23.3. The van der Waals surface area contributed by atoms with Gasteiger partial charge in [-0.3, -0.25) is 4.79 Å². The maximum Gasteiger partial charge on any atom is 0.246 e. The number of amides is 1. The van der Waals surface area contributed by atoms with Gasteiger partial charge in [0.15, 0.2) is 5.13 Å². The third kappa shape index (κ3) is 4.43. The number of rotatable bonds is 5. The van der Waals surface area contributed by atoms with Crippen LogP contribution in [0.5, 0.6) is 0 Å². The highest BCUT2D eigenvalue weighted by atomic mass is 32.1.